The molecule has 0 N–H and O–H groups in total. The molecule has 0 bridgehead atoms. The van der Waals surface area contributed by atoms with Crippen LogP contribution < -0.4 is 0 Å². The van der Waals surface area contributed by atoms with Gasteiger partial charge in [-0.25, -0.2) is 0 Å². The number of nitrogens with zero attached hydrogens (tertiary/aromatic N) is 2. The van der Waals surface area contributed by atoms with Crippen molar-refractivity contribution in [3.8, 4) is 0 Å². The fourth-order valence-electron chi connectivity index (χ4n) is 4.72. The summed E-state index contributed by atoms with van der Waals surface area (Å²) in [6.45, 7) is 5.51. The molecule has 1 aliphatic carbocycles. The molecule has 5 nitrogen and oxygen atoms in total. The highest BCUT2D eigenvalue weighted by atomic mass is 16.5. The summed E-state index contributed by atoms with van der Waals surface area (Å²) in [5.41, 5.74) is 0.363. The summed E-state index contributed by atoms with van der Waals surface area (Å²) in [5.74, 6) is 0.583. The molecule has 2 fully saturated rings. The predicted molar refractivity (Wildman–Crippen MR) is 93.8 cm³/mol. The van der Waals surface area contributed by atoms with Gasteiger partial charge < -0.3 is 14.4 Å². The minimum atomic E-state index is 0.210. The molecular weight excluding hydrogens is 304 g/mol. The maximum Gasteiger partial charge on any atom is 0.226 e. The van der Waals surface area contributed by atoms with E-state index in [1.807, 2.05) is 0 Å². The second kappa shape index (κ2) is 7.98. The van der Waals surface area contributed by atoms with Gasteiger partial charge in [0, 0.05) is 52.4 Å². The molecule has 2 saturated heterocycles. The van der Waals surface area contributed by atoms with Crippen LogP contribution in [0.5, 0.6) is 0 Å². The van der Waals surface area contributed by atoms with Gasteiger partial charge in [-0.3, -0.25) is 9.69 Å². The Labute approximate surface area is 146 Å². The second-order valence-electron chi connectivity index (χ2n) is 7.74. The standard InChI is InChI=1S/C19H32N2O3/c1-23-12-11-21-15-19(13-17(21)14-24-2)7-9-20(10-8-19)18(22)16-5-3-4-6-16/h3-4,16-17H,5-15H2,1-2H3/t17-/m0/s1. The number of carbonyl (C=O) groups excluding carboxylic acids is 1. The van der Waals surface area contributed by atoms with Gasteiger partial charge in [-0.05, 0) is 37.5 Å². The number of amides is 1. The average molecular weight is 336 g/mol. The van der Waals surface area contributed by atoms with Gasteiger partial charge in [0.1, 0.15) is 0 Å². The van der Waals surface area contributed by atoms with E-state index in [0.29, 0.717) is 17.4 Å². The molecule has 3 rings (SSSR count). The molecule has 0 aromatic rings. The lowest BCUT2D eigenvalue weighted by atomic mass is 9.76. The average Bonchev–Trinajstić information content (AvgIpc) is 3.23. The van der Waals surface area contributed by atoms with Crippen molar-refractivity contribution in [2.75, 3.05) is 53.6 Å². The zero-order valence-electron chi connectivity index (χ0n) is 15.2. The maximum absolute atomic E-state index is 12.6. The topological polar surface area (TPSA) is 42.0 Å². The van der Waals surface area contributed by atoms with Crippen molar-refractivity contribution in [3.63, 3.8) is 0 Å². The normalized spacial score (nSPS) is 27.4. The van der Waals surface area contributed by atoms with Crippen LogP contribution in [0.3, 0.4) is 0 Å². The molecule has 0 saturated carbocycles. The van der Waals surface area contributed by atoms with Gasteiger partial charge in [0.05, 0.1) is 13.2 Å². The third kappa shape index (κ3) is 3.84. The Hall–Kier alpha value is -0.910. The van der Waals surface area contributed by atoms with Crippen LogP contribution in [0.1, 0.15) is 32.1 Å². The number of methoxy groups -OCH3 is 2. The van der Waals surface area contributed by atoms with E-state index < -0.39 is 0 Å². The van der Waals surface area contributed by atoms with Crippen molar-refractivity contribution >= 4 is 5.91 Å². The molecule has 0 aromatic carbocycles. The minimum Gasteiger partial charge on any atom is -0.383 e. The zero-order chi connectivity index (χ0) is 17.0. The zero-order valence-corrected chi connectivity index (χ0v) is 15.2. The predicted octanol–water partition coefficient (Wildman–Crippen LogP) is 1.93. The number of piperidine rings is 1. The summed E-state index contributed by atoms with van der Waals surface area (Å²) in [6.07, 6.45) is 9.60. The van der Waals surface area contributed by atoms with Crippen LogP contribution >= 0.6 is 0 Å². The molecule has 136 valence electrons. The maximum atomic E-state index is 12.6. The number of hydrogen-bond donors (Lipinski definition) is 0. The Kier molecular flexibility index (Phi) is 5.95. The highest BCUT2D eigenvalue weighted by molar-refractivity contribution is 5.79. The fourth-order valence-corrected chi connectivity index (χ4v) is 4.72. The van der Waals surface area contributed by atoms with E-state index in [2.05, 4.69) is 22.0 Å². The summed E-state index contributed by atoms with van der Waals surface area (Å²) in [7, 11) is 3.55. The molecule has 1 amide bonds. The lowest BCUT2D eigenvalue weighted by Crippen LogP contribution is -2.46. The van der Waals surface area contributed by atoms with Crippen molar-refractivity contribution in [3.05, 3.63) is 12.2 Å². The molecule has 2 heterocycles. The Morgan fingerprint density at radius 3 is 2.50 bits per heavy atom. The van der Waals surface area contributed by atoms with Crippen LogP contribution in [0.15, 0.2) is 12.2 Å². The van der Waals surface area contributed by atoms with E-state index in [0.717, 1.165) is 65.1 Å². The Morgan fingerprint density at radius 1 is 1.17 bits per heavy atom. The summed E-state index contributed by atoms with van der Waals surface area (Å²) in [6, 6.07) is 0.492. The Bertz CT molecular complexity index is 450. The van der Waals surface area contributed by atoms with E-state index in [9.17, 15) is 4.79 Å². The van der Waals surface area contributed by atoms with Crippen molar-refractivity contribution in [2.45, 2.75) is 38.1 Å². The van der Waals surface area contributed by atoms with Gasteiger partial charge in [0.15, 0.2) is 0 Å². The van der Waals surface area contributed by atoms with Gasteiger partial charge in [-0.15, -0.1) is 0 Å². The first-order chi connectivity index (χ1) is 11.7. The number of rotatable bonds is 6. The number of allylic oxidation sites excluding steroid dienone is 2. The van der Waals surface area contributed by atoms with Gasteiger partial charge >= 0.3 is 0 Å². The van der Waals surface area contributed by atoms with Crippen LogP contribution in [-0.2, 0) is 14.3 Å². The molecule has 2 aliphatic heterocycles. The van der Waals surface area contributed by atoms with Gasteiger partial charge in [0.25, 0.3) is 0 Å². The quantitative estimate of drug-likeness (QED) is 0.695. The summed E-state index contributed by atoms with van der Waals surface area (Å²) in [5, 5.41) is 0. The molecule has 0 aromatic heterocycles. The van der Waals surface area contributed by atoms with Crippen LogP contribution in [-0.4, -0.2) is 75.4 Å². The van der Waals surface area contributed by atoms with E-state index in [1.165, 1.54) is 6.42 Å². The largest absolute Gasteiger partial charge is 0.383 e. The van der Waals surface area contributed by atoms with Gasteiger partial charge in [0.2, 0.25) is 5.91 Å². The Morgan fingerprint density at radius 2 is 1.88 bits per heavy atom. The smallest absolute Gasteiger partial charge is 0.226 e. The molecule has 0 unspecified atom stereocenters. The van der Waals surface area contributed by atoms with Crippen molar-refractivity contribution in [1.82, 2.24) is 9.80 Å². The SMILES string of the molecule is COCCN1CC2(CCN(C(=O)C3CC=CC3)CC2)C[C@H]1COC. The summed E-state index contributed by atoms with van der Waals surface area (Å²) >= 11 is 0. The van der Waals surface area contributed by atoms with Crippen molar-refractivity contribution in [2.24, 2.45) is 11.3 Å². The first-order valence-electron chi connectivity index (χ1n) is 9.33. The lowest BCUT2D eigenvalue weighted by Gasteiger charge is -2.40. The molecule has 24 heavy (non-hydrogen) atoms. The highest BCUT2D eigenvalue weighted by Crippen LogP contribution is 2.43. The third-order valence-electron chi connectivity index (χ3n) is 6.16. The number of ether oxygens (including phenoxy) is 2. The molecule has 1 atom stereocenters. The van der Waals surface area contributed by atoms with Gasteiger partial charge in [-0.1, -0.05) is 12.2 Å². The van der Waals surface area contributed by atoms with Crippen molar-refractivity contribution < 1.29 is 14.3 Å². The molecular formula is C19H32N2O3. The van der Waals surface area contributed by atoms with E-state index in [1.54, 1.807) is 14.2 Å². The van der Waals surface area contributed by atoms with Crippen LogP contribution in [0.4, 0.5) is 0 Å². The third-order valence-corrected chi connectivity index (χ3v) is 6.16. The molecule has 5 heteroatoms. The Balaban J connectivity index is 1.55. The van der Waals surface area contributed by atoms with Crippen molar-refractivity contribution in [1.29, 1.82) is 0 Å². The number of carbonyl (C=O) groups is 1. The number of hydrogen-bond acceptors (Lipinski definition) is 4. The molecule has 3 aliphatic rings. The molecule has 1 spiro atoms. The van der Waals surface area contributed by atoms with Gasteiger partial charge in [-0.2, -0.15) is 0 Å². The first kappa shape index (κ1) is 17.9. The molecule has 0 radical (unpaired) electrons. The number of likely N-dealkylation sites (tertiary alicyclic amines) is 2. The van der Waals surface area contributed by atoms with E-state index in [4.69, 9.17) is 9.47 Å². The monoisotopic (exact) mass is 336 g/mol. The van der Waals surface area contributed by atoms with E-state index in [-0.39, 0.29) is 5.92 Å². The highest BCUT2D eigenvalue weighted by Gasteiger charge is 2.46. The van der Waals surface area contributed by atoms with E-state index >= 15 is 0 Å². The second-order valence-corrected chi connectivity index (χ2v) is 7.74. The summed E-state index contributed by atoms with van der Waals surface area (Å²) in [4.78, 5) is 17.3. The van der Waals surface area contributed by atoms with Crippen LogP contribution in [0.2, 0.25) is 0 Å². The first-order valence-corrected chi connectivity index (χ1v) is 9.33. The van der Waals surface area contributed by atoms with Crippen LogP contribution in [0, 0.1) is 11.3 Å². The lowest BCUT2D eigenvalue weighted by molar-refractivity contribution is -0.137. The summed E-state index contributed by atoms with van der Waals surface area (Å²) < 4.78 is 10.7. The minimum absolute atomic E-state index is 0.210. The van der Waals surface area contributed by atoms with Crippen LogP contribution in [0.25, 0.3) is 0 Å². The fraction of sp³-hybridized carbons (Fsp3) is 0.842.